The van der Waals surface area contributed by atoms with Gasteiger partial charge in [0.15, 0.2) is 8.32 Å². The zero-order chi connectivity index (χ0) is 14.8. The van der Waals surface area contributed by atoms with Crippen LogP contribution in [0.2, 0.25) is 19.1 Å². The topological polar surface area (TPSA) is 55.4 Å². The Kier molecular flexibility index (Phi) is 17.2. The van der Waals surface area contributed by atoms with Gasteiger partial charge in [-0.1, -0.05) is 14.9 Å². The third-order valence-corrected chi connectivity index (χ3v) is 8.92. The van der Waals surface area contributed by atoms with Crippen LogP contribution in [0.25, 0.3) is 0 Å². The predicted molar refractivity (Wildman–Crippen MR) is 90.9 cm³/mol. The molecule has 0 aliphatic heterocycles. The molecule has 0 radical (unpaired) electrons. The van der Waals surface area contributed by atoms with Gasteiger partial charge < -0.3 is 26.9 Å². The van der Waals surface area contributed by atoms with E-state index in [0.29, 0.717) is 19.8 Å². The second kappa shape index (κ2) is 13.8. The van der Waals surface area contributed by atoms with Crippen LogP contribution in [0.15, 0.2) is 0 Å². The van der Waals surface area contributed by atoms with E-state index in [1.54, 1.807) is 28.4 Å². The second-order valence-electron chi connectivity index (χ2n) is 4.68. The molecular formula is C13H36O6Si2. The fourth-order valence-electron chi connectivity index (χ4n) is 1.61. The molecule has 0 heterocycles. The molecular weight excluding hydrogens is 308 g/mol. The lowest BCUT2D eigenvalue weighted by Gasteiger charge is -2.32. The second-order valence-corrected chi connectivity index (χ2v) is 11.7. The van der Waals surface area contributed by atoms with E-state index in [9.17, 15) is 0 Å². The number of rotatable bonds is 12. The van der Waals surface area contributed by atoms with Crippen LogP contribution in [0.3, 0.4) is 0 Å². The van der Waals surface area contributed by atoms with E-state index in [-0.39, 0.29) is 14.9 Å². The minimum atomic E-state index is -2.93. The van der Waals surface area contributed by atoms with Gasteiger partial charge in [0.25, 0.3) is 0 Å². The van der Waals surface area contributed by atoms with Gasteiger partial charge in [-0.3, -0.25) is 0 Å². The molecule has 21 heavy (non-hydrogen) atoms. The van der Waals surface area contributed by atoms with Crippen molar-refractivity contribution in [2.45, 2.75) is 40.4 Å². The molecule has 0 aromatic rings. The summed E-state index contributed by atoms with van der Waals surface area (Å²) in [5, 5.41) is 0. The Morgan fingerprint density at radius 2 is 1.29 bits per heavy atom. The van der Waals surface area contributed by atoms with Crippen LogP contribution in [0, 0.1) is 0 Å². The van der Waals surface area contributed by atoms with Gasteiger partial charge in [0.05, 0.1) is 13.2 Å². The van der Waals surface area contributed by atoms with Gasteiger partial charge in [0, 0.05) is 35.0 Å². The first kappa shape index (κ1) is 26.1. The van der Waals surface area contributed by atoms with Crippen LogP contribution in [0.4, 0.5) is 0 Å². The summed E-state index contributed by atoms with van der Waals surface area (Å²) >= 11 is 0. The molecule has 0 aliphatic carbocycles. The Bertz CT molecular complexity index is 216. The highest BCUT2D eigenvalue weighted by Gasteiger charge is 2.47. The molecule has 0 fully saturated rings. The number of ether oxygens (including phenoxy) is 2. The summed E-state index contributed by atoms with van der Waals surface area (Å²) in [5.74, 6) is 0. The van der Waals surface area contributed by atoms with Crippen molar-refractivity contribution in [3.05, 3.63) is 0 Å². The van der Waals surface area contributed by atoms with Crippen molar-refractivity contribution in [3.8, 4) is 0 Å². The van der Waals surface area contributed by atoms with Crippen molar-refractivity contribution in [2.75, 3.05) is 48.3 Å². The zero-order valence-corrected chi connectivity index (χ0v) is 15.0. The summed E-state index contributed by atoms with van der Waals surface area (Å²) in [6, 6.07) is 0.963. The van der Waals surface area contributed by atoms with Gasteiger partial charge in [-0.05, 0) is 25.6 Å². The summed E-state index contributed by atoms with van der Waals surface area (Å²) < 4.78 is 32.3. The summed E-state index contributed by atoms with van der Waals surface area (Å²) in [6.07, 6.45) is 0.949. The fourth-order valence-corrected chi connectivity index (χ4v) is 7.22. The van der Waals surface area contributed by atoms with E-state index < -0.39 is 17.4 Å². The smallest absolute Gasteiger partial charge is 0.394 e. The van der Waals surface area contributed by atoms with E-state index in [0.717, 1.165) is 12.5 Å². The molecule has 0 saturated carbocycles. The van der Waals surface area contributed by atoms with Crippen LogP contribution in [-0.2, 0) is 26.9 Å². The van der Waals surface area contributed by atoms with Gasteiger partial charge in [-0.25, -0.2) is 0 Å². The molecule has 6 nitrogen and oxygen atoms in total. The van der Waals surface area contributed by atoms with E-state index in [1.165, 1.54) is 0 Å². The van der Waals surface area contributed by atoms with Crippen molar-refractivity contribution in [1.29, 1.82) is 0 Å². The molecule has 0 rings (SSSR count). The fraction of sp³-hybridized carbons (Fsp3) is 1.00. The van der Waals surface area contributed by atoms with E-state index >= 15 is 0 Å². The highest BCUT2D eigenvalue weighted by Crippen LogP contribution is 2.21. The van der Waals surface area contributed by atoms with Crippen molar-refractivity contribution in [2.24, 2.45) is 0 Å². The highest BCUT2D eigenvalue weighted by molar-refractivity contribution is 6.78. The van der Waals surface area contributed by atoms with Crippen LogP contribution < -0.4 is 0 Å². The zero-order valence-electron chi connectivity index (χ0n) is 13.0. The molecule has 0 spiro atoms. The summed E-state index contributed by atoms with van der Waals surface area (Å²) in [6.45, 7) is 6.23. The maximum atomic E-state index is 6.03. The van der Waals surface area contributed by atoms with Crippen LogP contribution in [0.5, 0.6) is 0 Å². The van der Waals surface area contributed by atoms with Gasteiger partial charge in [-0.2, -0.15) is 0 Å². The molecule has 0 aliphatic rings. The van der Waals surface area contributed by atoms with Crippen molar-refractivity contribution in [1.82, 2.24) is 0 Å². The lowest BCUT2D eigenvalue weighted by Crippen LogP contribution is -2.54. The Morgan fingerprint density at radius 1 is 0.762 bits per heavy atom. The molecule has 0 aromatic carbocycles. The molecule has 0 unspecified atom stereocenters. The Morgan fingerprint density at radius 3 is 1.71 bits per heavy atom. The minimum Gasteiger partial charge on any atom is -0.394 e. The monoisotopic (exact) mass is 344 g/mol. The predicted octanol–water partition coefficient (Wildman–Crippen LogP) is 2.91. The normalized spacial score (nSPS) is 11.7. The Hall–Kier alpha value is 0.194. The van der Waals surface area contributed by atoms with Gasteiger partial charge in [0.1, 0.15) is 0 Å². The molecule has 0 N–H and O–H groups in total. The first-order chi connectivity index (χ1) is 8.95. The first-order valence-electron chi connectivity index (χ1n) is 6.37. The minimum absolute atomic E-state index is 0. The van der Waals surface area contributed by atoms with Crippen molar-refractivity contribution in [3.63, 3.8) is 0 Å². The molecule has 132 valence electrons. The maximum Gasteiger partial charge on any atom is 0.668 e. The van der Waals surface area contributed by atoms with Gasteiger partial charge in [0.2, 0.25) is 0 Å². The molecule has 0 amide bonds. The standard InChI is InChI=1S/C11H28O6Si2.2CH4/c1-12-9-10-16-8-7-11-18(5,6)17-19(13-2,14-3)15-4;;/h7-11H2,1-6H3;2*1H4. The first-order valence-corrected chi connectivity index (χ1v) is 11.1. The van der Waals surface area contributed by atoms with E-state index in [4.69, 9.17) is 26.9 Å². The summed E-state index contributed by atoms with van der Waals surface area (Å²) in [4.78, 5) is 0. The number of methoxy groups -OCH3 is 1. The average Bonchev–Trinajstić information content (AvgIpc) is 2.40. The third kappa shape index (κ3) is 11.4. The third-order valence-electron chi connectivity index (χ3n) is 2.65. The quantitative estimate of drug-likeness (QED) is 0.401. The van der Waals surface area contributed by atoms with Gasteiger partial charge in [-0.15, -0.1) is 0 Å². The molecule has 0 atom stereocenters. The van der Waals surface area contributed by atoms with Crippen LogP contribution in [0.1, 0.15) is 21.3 Å². The molecule has 0 saturated heterocycles. The Balaban J connectivity index is -0.00000162. The Labute approximate surface area is 133 Å². The summed E-state index contributed by atoms with van der Waals surface area (Å²) in [5.41, 5.74) is 0. The number of hydrogen-bond acceptors (Lipinski definition) is 6. The largest absolute Gasteiger partial charge is 0.668 e. The lowest BCUT2D eigenvalue weighted by atomic mass is 10.5. The van der Waals surface area contributed by atoms with E-state index in [2.05, 4.69) is 13.1 Å². The highest BCUT2D eigenvalue weighted by atomic mass is 28.5. The SMILES string of the molecule is C.C.COCCOCCC[Si](C)(C)O[Si](OC)(OC)OC. The lowest BCUT2D eigenvalue weighted by molar-refractivity contribution is 0.0470. The van der Waals surface area contributed by atoms with Gasteiger partial charge >= 0.3 is 9.05 Å². The molecule has 8 heteroatoms. The average molecular weight is 345 g/mol. The number of hydrogen-bond donors (Lipinski definition) is 0. The maximum absolute atomic E-state index is 6.03. The van der Waals surface area contributed by atoms with Crippen LogP contribution in [-0.4, -0.2) is 65.6 Å². The van der Waals surface area contributed by atoms with E-state index in [1.807, 2.05) is 0 Å². The summed E-state index contributed by atoms with van der Waals surface area (Å²) in [7, 11) is 1.50. The molecule has 0 aromatic heterocycles. The van der Waals surface area contributed by atoms with Crippen molar-refractivity contribution >= 4 is 17.4 Å². The molecule has 0 bridgehead atoms. The van der Waals surface area contributed by atoms with Crippen LogP contribution >= 0.6 is 0 Å². The van der Waals surface area contributed by atoms with Crippen molar-refractivity contribution < 1.29 is 26.9 Å².